The molecule has 4 heteroatoms. The van der Waals surface area contributed by atoms with E-state index in [0.29, 0.717) is 6.10 Å². The fourth-order valence-corrected chi connectivity index (χ4v) is 2.43. The van der Waals surface area contributed by atoms with E-state index >= 15 is 0 Å². The maximum Gasteiger partial charge on any atom is 0.118 e. The van der Waals surface area contributed by atoms with Gasteiger partial charge in [0.15, 0.2) is 0 Å². The third kappa shape index (κ3) is 3.93. The van der Waals surface area contributed by atoms with Crippen LogP contribution in [0.3, 0.4) is 0 Å². The molecule has 1 aliphatic rings. The summed E-state index contributed by atoms with van der Waals surface area (Å²) in [6.45, 7) is 5.82. The fourth-order valence-electron chi connectivity index (χ4n) is 2.43. The smallest absolute Gasteiger partial charge is 0.118 e. The number of hydrogen-bond donors (Lipinski definition) is 1. The van der Waals surface area contributed by atoms with E-state index in [9.17, 15) is 0 Å². The average Bonchev–Trinajstić information content (AvgIpc) is 2.47. The van der Waals surface area contributed by atoms with Gasteiger partial charge in [0.05, 0.1) is 19.8 Å². The Balaban J connectivity index is 1.90. The fraction of sp³-hybridized carbons (Fsp3) is 0.600. The van der Waals surface area contributed by atoms with Crippen LogP contribution in [0.1, 0.15) is 24.9 Å². The van der Waals surface area contributed by atoms with Crippen molar-refractivity contribution in [3.63, 3.8) is 0 Å². The third-order valence-corrected chi connectivity index (χ3v) is 3.68. The predicted molar refractivity (Wildman–Crippen MR) is 76.4 cm³/mol. The van der Waals surface area contributed by atoms with Crippen molar-refractivity contribution in [2.24, 2.45) is 5.73 Å². The van der Waals surface area contributed by atoms with E-state index in [1.807, 2.05) is 24.3 Å². The molecule has 1 heterocycles. The quantitative estimate of drug-likeness (QED) is 0.881. The summed E-state index contributed by atoms with van der Waals surface area (Å²) in [5, 5.41) is 0. The van der Waals surface area contributed by atoms with Gasteiger partial charge in [0.1, 0.15) is 5.75 Å². The Kier molecular flexibility index (Phi) is 5.19. The first-order valence-electron chi connectivity index (χ1n) is 6.96. The van der Waals surface area contributed by atoms with Gasteiger partial charge in [-0.2, -0.15) is 0 Å². The summed E-state index contributed by atoms with van der Waals surface area (Å²) in [6, 6.07) is 8.05. The van der Waals surface area contributed by atoms with Gasteiger partial charge in [-0.1, -0.05) is 19.1 Å². The van der Waals surface area contributed by atoms with Crippen LogP contribution in [0.2, 0.25) is 0 Å². The highest BCUT2D eigenvalue weighted by Crippen LogP contribution is 2.18. The van der Waals surface area contributed by atoms with Crippen molar-refractivity contribution in [2.75, 3.05) is 33.4 Å². The Morgan fingerprint density at radius 2 is 2.16 bits per heavy atom. The highest BCUT2D eigenvalue weighted by Gasteiger charge is 2.20. The van der Waals surface area contributed by atoms with Crippen LogP contribution in [-0.4, -0.2) is 44.4 Å². The molecule has 2 rings (SSSR count). The van der Waals surface area contributed by atoms with E-state index in [-0.39, 0.29) is 6.04 Å². The maximum absolute atomic E-state index is 6.28. The molecule has 1 aromatic rings. The monoisotopic (exact) mass is 264 g/mol. The lowest BCUT2D eigenvalue weighted by Crippen LogP contribution is -2.44. The molecule has 0 radical (unpaired) electrons. The van der Waals surface area contributed by atoms with Crippen molar-refractivity contribution < 1.29 is 9.47 Å². The minimum absolute atomic E-state index is 0.0431. The summed E-state index contributed by atoms with van der Waals surface area (Å²) in [7, 11) is 1.67. The van der Waals surface area contributed by atoms with Gasteiger partial charge < -0.3 is 15.2 Å². The number of hydrogen-bond acceptors (Lipinski definition) is 4. The second-order valence-electron chi connectivity index (χ2n) is 5.04. The Labute approximate surface area is 115 Å². The van der Waals surface area contributed by atoms with E-state index in [4.69, 9.17) is 15.2 Å². The number of nitrogens with two attached hydrogens (primary N) is 1. The van der Waals surface area contributed by atoms with Crippen LogP contribution in [0.4, 0.5) is 0 Å². The molecule has 1 saturated heterocycles. The van der Waals surface area contributed by atoms with Crippen LogP contribution in [0.15, 0.2) is 24.3 Å². The number of benzene rings is 1. The van der Waals surface area contributed by atoms with E-state index in [1.165, 1.54) is 0 Å². The first kappa shape index (κ1) is 14.3. The molecule has 0 saturated carbocycles. The second-order valence-corrected chi connectivity index (χ2v) is 5.04. The van der Waals surface area contributed by atoms with Gasteiger partial charge in [0.25, 0.3) is 0 Å². The maximum atomic E-state index is 6.28. The lowest BCUT2D eigenvalue weighted by Gasteiger charge is -2.34. The Hall–Kier alpha value is -1.10. The number of ether oxygens (including phenoxy) is 2. The Bertz CT molecular complexity index is 380. The molecule has 1 aromatic carbocycles. The summed E-state index contributed by atoms with van der Waals surface area (Å²) in [5.74, 6) is 0.869. The van der Waals surface area contributed by atoms with Crippen LogP contribution in [0.5, 0.6) is 5.75 Å². The van der Waals surface area contributed by atoms with Crippen LogP contribution in [0, 0.1) is 0 Å². The summed E-state index contributed by atoms with van der Waals surface area (Å²) in [4.78, 5) is 2.40. The van der Waals surface area contributed by atoms with Gasteiger partial charge in [0.2, 0.25) is 0 Å². The molecular weight excluding hydrogens is 240 g/mol. The molecule has 0 spiro atoms. The molecular formula is C15H24N2O2. The first-order chi connectivity index (χ1) is 9.22. The van der Waals surface area contributed by atoms with Gasteiger partial charge in [-0.05, 0) is 24.1 Å². The first-order valence-corrected chi connectivity index (χ1v) is 6.96. The van der Waals surface area contributed by atoms with Gasteiger partial charge in [0, 0.05) is 25.7 Å². The minimum Gasteiger partial charge on any atom is -0.497 e. The molecule has 1 fully saturated rings. The topological polar surface area (TPSA) is 47.7 Å². The molecule has 4 nitrogen and oxygen atoms in total. The van der Waals surface area contributed by atoms with Crippen LogP contribution >= 0.6 is 0 Å². The molecule has 0 bridgehead atoms. The standard InChI is InChI=1S/C15H24N2O2/c1-3-13-10-17(8-9-19-13)11-15(16)12-4-6-14(18-2)7-5-12/h4-7,13,15H,3,8-11,16H2,1-2H3. The third-order valence-electron chi connectivity index (χ3n) is 3.68. The SMILES string of the molecule is CCC1CN(CC(N)c2ccc(OC)cc2)CCO1. The van der Waals surface area contributed by atoms with Crippen molar-refractivity contribution in [3.05, 3.63) is 29.8 Å². The molecule has 1 aliphatic heterocycles. The normalized spacial score (nSPS) is 22.2. The second kappa shape index (κ2) is 6.89. The van der Waals surface area contributed by atoms with E-state index in [1.54, 1.807) is 7.11 Å². The molecule has 2 N–H and O–H groups in total. The molecule has 0 aromatic heterocycles. The Morgan fingerprint density at radius 1 is 1.42 bits per heavy atom. The molecule has 106 valence electrons. The highest BCUT2D eigenvalue weighted by molar-refractivity contribution is 5.29. The van der Waals surface area contributed by atoms with Crippen LogP contribution < -0.4 is 10.5 Å². The lowest BCUT2D eigenvalue weighted by molar-refractivity contribution is -0.0312. The van der Waals surface area contributed by atoms with Crippen LogP contribution in [0.25, 0.3) is 0 Å². The predicted octanol–water partition coefficient (Wildman–Crippen LogP) is 1.81. The number of rotatable bonds is 5. The van der Waals surface area contributed by atoms with Crippen molar-refractivity contribution >= 4 is 0 Å². The van der Waals surface area contributed by atoms with Gasteiger partial charge >= 0.3 is 0 Å². The van der Waals surface area contributed by atoms with Crippen molar-refractivity contribution in [2.45, 2.75) is 25.5 Å². The molecule has 2 unspecified atom stereocenters. The average molecular weight is 264 g/mol. The zero-order chi connectivity index (χ0) is 13.7. The lowest BCUT2D eigenvalue weighted by atomic mass is 10.1. The van der Waals surface area contributed by atoms with E-state index in [0.717, 1.165) is 44.0 Å². The Morgan fingerprint density at radius 3 is 2.79 bits per heavy atom. The summed E-state index contributed by atoms with van der Waals surface area (Å²) in [5.41, 5.74) is 7.43. The number of morpholine rings is 1. The largest absolute Gasteiger partial charge is 0.497 e. The zero-order valence-corrected chi connectivity index (χ0v) is 11.8. The zero-order valence-electron chi connectivity index (χ0n) is 11.8. The summed E-state index contributed by atoms with van der Waals surface area (Å²) >= 11 is 0. The van der Waals surface area contributed by atoms with E-state index < -0.39 is 0 Å². The molecule has 2 atom stereocenters. The van der Waals surface area contributed by atoms with Gasteiger partial charge in [-0.3, -0.25) is 4.90 Å². The highest BCUT2D eigenvalue weighted by atomic mass is 16.5. The molecule has 0 amide bonds. The van der Waals surface area contributed by atoms with Gasteiger partial charge in [-0.25, -0.2) is 0 Å². The summed E-state index contributed by atoms with van der Waals surface area (Å²) < 4.78 is 10.8. The van der Waals surface area contributed by atoms with Crippen molar-refractivity contribution in [3.8, 4) is 5.75 Å². The van der Waals surface area contributed by atoms with Crippen LogP contribution in [-0.2, 0) is 4.74 Å². The molecule has 0 aliphatic carbocycles. The van der Waals surface area contributed by atoms with Gasteiger partial charge in [-0.15, -0.1) is 0 Å². The number of nitrogens with zero attached hydrogens (tertiary/aromatic N) is 1. The summed E-state index contributed by atoms with van der Waals surface area (Å²) in [6.07, 6.45) is 1.42. The number of methoxy groups -OCH3 is 1. The minimum atomic E-state index is 0.0431. The molecule has 19 heavy (non-hydrogen) atoms. The van der Waals surface area contributed by atoms with Crippen molar-refractivity contribution in [1.29, 1.82) is 0 Å². The van der Waals surface area contributed by atoms with E-state index in [2.05, 4.69) is 11.8 Å². The van der Waals surface area contributed by atoms with Crippen molar-refractivity contribution in [1.82, 2.24) is 4.90 Å².